The van der Waals surface area contributed by atoms with Crippen molar-refractivity contribution in [2.24, 2.45) is 0 Å². The Hall–Kier alpha value is -2.13. The normalized spacial score (nSPS) is 18.5. The lowest BCUT2D eigenvalue weighted by Gasteiger charge is -2.25. The molecule has 1 heterocycles. The summed E-state index contributed by atoms with van der Waals surface area (Å²) in [5, 5.41) is 25.6. The molecule has 2 N–H and O–H groups in total. The van der Waals surface area contributed by atoms with E-state index in [1.165, 1.54) is 6.08 Å². The highest BCUT2D eigenvalue weighted by molar-refractivity contribution is 5.50. The van der Waals surface area contributed by atoms with E-state index in [9.17, 15) is 0 Å². The largest absolute Gasteiger partial charge is 0.341 e. The zero-order chi connectivity index (χ0) is 14.1. The van der Waals surface area contributed by atoms with Gasteiger partial charge in [-0.3, -0.25) is 0 Å². The van der Waals surface area contributed by atoms with Gasteiger partial charge < -0.3 is 15.1 Å². The molecule has 2 rings (SSSR count). The Morgan fingerprint density at radius 3 is 2.42 bits per heavy atom. The summed E-state index contributed by atoms with van der Waals surface area (Å²) in [5.41, 5.74) is 0.986. The molecule has 1 saturated heterocycles. The van der Waals surface area contributed by atoms with Crippen molar-refractivity contribution in [3.63, 3.8) is 0 Å². The maximum Gasteiger partial charge on any atom is 0.318 e. The van der Waals surface area contributed by atoms with Crippen molar-refractivity contribution in [3.8, 4) is 6.07 Å². The monoisotopic (exact) mass is 261 g/mol. The minimum Gasteiger partial charge on any atom is -0.341 e. The van der Waals surface area contributed by atoms with Crippen LogP contribution in [0.15, 0.2) is 48.7 Å². The molecule has 1 fully saturated rings. The van der Waals surface area contributed by atoms with Crippen molar-refractivity contribution in [1.82, 2.24) is 0 Å². The van der Waals surface area contributed by atoms with Gasteiger partial charge in [-0.2, -0.15) is 5.26 Å². The molecule has 5 heteroatoms. The maximum absolute atomic E-state index is 9.04. The van der Waals surface area contributed by atoms with Gasteiger partial charge in [0.05, 0.1) is 6.07 Å². The van der Waals surface area contributed by atoms with Gasteiger partial charge in [0.25, 0.3) is 0 Å². The van der Waals surface area contributed by atoms with Gasteiger partial charge in [0.1, 0.15) is 5.76 Å². The summed E-state index contributed by atoms with van der Waals surface area (Å²) in [7, 11) is 0. The molecule has 0 aromatic heterocycles. The molecule has 0 spiro atoms. The van der Waals surface area contributed by atoms with Crippen LogP contribution in [0.3, 0.4) is 0 Å². The lowest BCUT2D eigenvalue weighted by atomic mass is 10.1. The van der Waals surface area contributed by atoms with Crippen molar-refractivity contribution in [2.75, 3.05) is 0 Å². The molecule has 1 aromatic rings. The number of hydrogen-bond acceptors (Lipinski definition) is 5. The van der Waals surface area contributed by atoms with Crippen LogP contribution in [0, 0.1) is 11.3 Å². The Morgan fingerprint density at radius 2 is 1.95 bits per heavy atom. The average Bonchev–Trinajstić information content (AvgIpc) is 2.43. The van der Waals surface area contributed by atoms with Crippen molar-refractivity contribution in [1.29, 1.82) is 5.26 Å². The lowest BCUT2D eigenvalue weighted by Crippen LogP contribution is -2.35. The predicted molar refractivity (Wildman–Crippen MR) is 68.8 cm³/mol. The molecule has 1 aromatic carbocycles. The highest BCUT2D eigenvalue weighted by Crippen LogP contribution is 2.25. The second-order valence-corrected chi connectivity index (χ2v) is 3.76. The average molecular weight is 261 g/mol. The van der Waals surface area contributed by atoms with Crippen LogP contribution in [0.4, 0.5) is 0 Å². The molecular weight excluding hydrogens is 246 g/mol. The highest BCUT2D eigenvalue weighted by atomic mass is 17.3. The molecule has 0 atom stereocenters. The summed E-state index contributed by atoms with van der Waals surface area (Å²) in [6.07, 6.45) is 3.52. The second kappa shape index (κ2) is 7.34. The fourth-order valence-corrected chi connectivity index (χ4v) is 1.32. The van der Waals surface area contributed by atoms with Crippen LogP contribution in [0.25, 0.3) is 6.08 Å². The molecule has 0 unspecified atom stereocenters. The highest BCUT2D eigenvalue weighted by Gasteiger charge is 2.31. The van der Waals surface area contributed by atoms with E-state index in [1.807, 2.05) is 30.3 Å². The molecule has 1 aliphatic heterocycles. The molecule has 0 saturated carbocycles. The lowest BCUT2D eigenvalue weighted by molar-refractivity contribution is -0.489. The molecule has 0 bridgehead atoms. The van der Waals surface area contributed by atoms with Crippen LogP contribution in [-0.4, -0.2) is 16.2 Å². The smallest absolute Gasteiger partial charge is 0.318 e. The number of allylic oxidation sites excluding steroid dienone is 2. The summed E-state index contributed by atoms with van der Waals surface area (Å²) < 4.78 is 0. The van der Waals surface area contributed by atoms with Crippen LogP contribution in [-0.2, 0) is 9.78 Å². The topological polar surface area (TPSA) is 82.7 Å². The molecule has 0 amide bonds. The molecule has 5 nitrogen and oxygen atoms in total. The third kappa shape index (κ3) is 5.84. The molecule has 0 aliphatic carbocycles. The quantitative estimate of drug-likeness (QED) is 0.459. The van der Waals surface area contributed by atoms with Crippen molar-refractivity contribution in [2.45, 2.75) is 18.8 Å². The number of nitrogens with zero attached hydrogens (tertiary/aromatic N) is 1. The van der Waals surface area contributed by atoms with Gasteiger partial charge in [-0.05, 0) is 11.6 Å². The van der Waals surface area contributed by atoms with Gasteiger partial charge in [-0.1, -0.05) is 36.9 Å². The standard InChI is InChI=1S/C11H12O4.C3H3N/c12-11(13)7-6-10(14-15-11)8-9-4-2-1-3-5-9;1-2-3-4/h1-5,8,12-13H,6-7H2;2H,1H2. The number of rotatable bonds is 1. The van der Waals surface area contributed by atoms with Gasteiger partial charge in [-0.25, -0.2) is 0 Å². The van der Waals surface area contributed by atoms with E-state index in [-0.39, 0.29) is 6.42 Å². The predicted octanol–water partition coefficient (Wildman–Crippen LogP) is 2.10. The summed E-state index contributed by atoms with van der Waals surface area (Å²) >= 11 is 0. The van der Waals surface area contributed by atoms with Crippen LogP contribution in [0.1, 0.15) is 18.4 Å². The maximum atomic E-state index is 9.04. The fraction of sp³-hybridized carbons (Fsp3) is 0.214. The SMILES string of the molecule is C=CC#N.OC1(O)CCC(=Cc2ccccc2)OO1. The van der Waals surface area contributed by atoms with E-state index in [0.717, 1.165) is 5.56 Å². The minimum absolute atomic E-state index is 0.103. The summed E-state index contributed by atoms with van der Waals surface area (Å²) in [5.74, 6) is -1.58. The third-order valence-corrected chi connectivity index (χ3v) is 2.20. The summed E-state index contributed by atoms with van der Waals surface area (Å²) in [6, 6.07) is 11.3. The van der Waals surface area contributed by atoms with E-state index in [1.54, 1.807) is 12.1 Å². The molecule has 100 valence electrons. The van der Waals surface area contributed by atoms with Crippen molar-refractivity contribution in [3.05, 3.63) is 54.3 Å². The van der Waals surface area contributed by atoms with E-state index in [0.29, 0.717) is 12.2 Å². The third-order valence-electron chi connectivity index (χ3n) is 2.20. The first-order valence-corrected chi connectivity index (χ1v) is 5.64. The van der Waals surface area contributed by atoms with Crippen LogP contribution < -0.4 is 0 Å². The van der Waals surface area contributed by atoms with E-state index in [4.69, 9.17) is 20.4 Å². The minimum atomic E-state index is -2.16. The van der Waals surface area contributed by atoms with E-state index in [2.05, 4.69) is 11.5 Å². The Morgan fingerprint density at radius 1 is 1.32 bits per heavy atom. The fourth-order valence-electron chi connectivity index (χ4n) is 1.32. The van der Waals surface area contributed by atoms with Crippen LogP contribution in [0.5, 0.6) is 0 Å². The number of hydrogen-bond donors (Lipinski definition) is 2. The molecular formula is C14H15NO4. The summed E-state index contributed by atoms with van der Waals surface area (Å²) in [4.78, 5) is 9.15. The molecule has 1 aliphatic rings. The van der Waals surface area contributed by atoms with Gasteiger partial charge in [-0.15, -0.1) is 4.89 Å². The van der Waals surface area contributed by atoms with Gasteiger partial charge in [0.2, 0.25) is 0 Å². The van der Waals surface area contributed by atoms with Gasteiger partial charge in [0.15, 0.2) is 0 Å². The van der Waals surface area contributed by atoms with Gasteiger partial charge in [0, 0.05) is 18.9 Å². The van der Waals surface area contributed by atoms with Crippen LogP contribution >= 0.6 is 0 Å². The number of nitriles is 1. The molecule has 0 radical (unpaired) electrons. The first kappa shape index (κ1) is 14.9. The summed E-state index contributed by atoms with van der Waals surface area (Å²) in [6.45, 7) is 3.12. The second-order valence-electron chi connectivity index (χ2n) is 3.76. The number of aliphatic hydroxyl groups is 2. The Bertz CT molecular complexity index is 462. The van der Waals surface area contributed by atoms with Gasteiger partial charge >= 0.3 is 5.97 Å². The first-order chi connectivity index (χ1) is 9.07. The van der Waals surface area contributed by atoms with Crippen LogP contribution in [0.2, 0.25) is 0 Å². The zero-order valence-corrected chi connectivity index (χ0v) is 10.3. The van der Waals surface area contributed by atoms with Crippen molar-refractivity contribution >= 4 is 6.08 Å². The van der Waals surface area contributed by atoms with Crippen molar-refractivity contribution < 1.29 is 20.0 Å². The first-order valence-electron chi connectivity index (χ1n) is 5.64. The number of benzene rings is 1. The Labute approximate surface area is 111 Å². The Kier molecular flexibility index (Phi) is 5.76. The molecule has 19 heavy (non-hydrogen) atoms. The zero-order valence-electron chi connectivity index (χ0n) is 10.3. The van der Waals surface area contributed by atoms with E-state index >= 15 is 0 Å². The van der Waals surface area contributed by atoms with E-state index < -0.39 is 5.97 Å². The Balaban J connectivity index is 0.000000399.